The number of ether oxygens (including phenoxy) is 1. The number of aliphatic hydroxyl groups excluding tert-OH is 1. The van der Waals surface area contributed by atoms with E-state index in [0.29, 0.717) is 18.7 Å². The number of rotatable bonds is 8. The molecule has 0 aliphatic rings. The van der Waals surface area contributed by atoms with E-state index in [1.54, 1.807) is 7.11 Å². The van der Waals surface area contributed by atoms with Crippen molar-refractivity contribution in [1.82, 2.24) is 5.32 Å². The maximum Gasteiger partial charge on any atom is 0.159 e. The Labute approximate surface area is 106 Å². The quantitative estimate of drug-likeness (QED) is 0.702. The summed E-state index contributed by atoms with van der Waals surface area (Å²) in [6, 6.07) is 3.43. The second-order valence-corrected chi connectivity index (χ2v) is 4.09. The minimum atomic E-state index is -0.938. The number of unbranched alkanes of at least 4 members (excludes halogenated alkanes) is 1. The molecule has 0 saturated carbocycles. The molecule has 0 bridgehead atoms. The monoisotopic (exact) mass is 259 g/mol. The van der Waals surface area contributed by atoms with Gasteiger partial charge >= 0.3 is 0 Å². The zero-order valence-electron chi connectivity index (χ0n) is 10.5. The number of benzene rings is 1. The van der Waals surface area contributed by atoms with E-state index in [-0.39, 0.29) is 0 Å². The van der Waals surface area contributed by atoms with Crippen molar-refractivity contribution in [3.05, 3.63) is 35.4 Å². The summed E-state index contributed by atoms with van der Waals surface area (Å²) in [5.74, 6) is -1.84. The van der Waals surface area contributed by atoms with Gasteiger partial charge in [0.25, 0.3) is 0 Å². The van der Waals surface area contributed by atoms with Gasteiger partial charge in [-0.1, -0.05) is 6.07 Å². The molecule has 102 valence electrons. The molecule has 1 atom stereocenters. The maximum atomic E-state index is 12.9. The highest BCUT2D eigenvalue weighted by atomic mass is 19.2. The average molecular weight is 259 g/mol. The molecule has 1 aromatic carbocycles. The second-order valence-electron chi connectivity index (χ2n) is 4.09. The SMILES string of the molecule is COCCCCNCC(O)c1ccc(F)c(F)c1. The van der Waals surface area contributed by atoms with Crippen molar-refractivity contribution in [1.29, 1.82) is 0 Å². The van der Waals surface area contributed by atoms with E-state index in [1.165, 1.54) is 6.07 Å². The topological polar surface area (TPSA) is 41.5 Å². The highest BCUT2D eigenvalue weighted by Crippen LogP contribution is 2.15. The molecule has 0 fully saturated rings. The van der Waals surface area contributed by atoms with E-state index >= 15 is 0 Å². The molecule has 18 heavy (non-hydrogen) atoms. The molecule has 0 saturated heterocycles. The van der Waals surface area contributed by atoms with Crippen molar-refractivity contribution in [3.63, 3.8) is 0 Å². The van der Waals surface area contributed by atoms with Gasteiger partial charge in [-0.05, 0) is 37.1 Å². The first-order valence-corrected chi connectivity index (χ1v) is 5.98. The number of nitrogens with one attached hydrogen (secondary N) is 1. The van der Waals surface area contributed by atoms with Crippen LogP contribution < -0.4 is 5.32 Å². The summed E-state index contributed by atoms with van der Waals surface area (Å²) >= 11 is 0. The van der Waals surface area contributed by atoms with Crippen molar-refractivity contribution in [3.8, 4) is 0 Å². The number of halogens is 2. The molecule has 0 amide bonds. The van der Waals surface area contributed by atoms with Crippen LogP contribution in [0.15, 0.2) is 18.2 Å². The Bertz CT molecular complexity index is 361. The van der Waals surface area contributed by atoms with Crippen LogP contribution in [-0.2, 0) is 4.74 Å². The smallest absolute Gasteiger partial charge is 0.159 e. The Morgan fingerprint density at radius 3 is 2.72 bits per heavy atom. The lowest BCUT2D eigenvalue weighted by Crippen LogP contribution is -2.22. The Morgan fingerprint density at radius 1 is 1.28 bits per heavy atom. The van der Waals surface area contributed by atoms with Crippen molar-refractivity contribution in [2.45, 2.75) is 18.9 Å². The van der Waals surface area contributed by atoms with Crippen LogP contribution in [0.4, 0.5) is 8.78 Å². The molecule has 1 unspecified atom stereocenters. The van der Waals surface area contributed by atoms with Crippen LogP contribution in [-0.4, -0.2) is 31.9 Å². The van der Waals surface area contributed by atoms with E-state index in [2.05, 4.69) is 5.32 Å². The highest BCUT2D eigenvalue weighted by Gasteiger charge is 2.10. The lowest BCUT2D eigenvalue weighted by molar-refractivity contribution is 0.171. The number of hydrogen-bond donors (Lipinski definition) is 2. The Kier molecular flexibility index (Phi) is 6.78. The molecule has 2 N–H and O–H groups in total. The van der Waals surface area contributed by atoms with Gasteiger partial charge in [0, 0.05) is 20.3 Å². The molecular formula is C13H19F2NO2. The van der Waals surface area contributed by atoms with Gasteiger partial charge in [0.1, 0.15) is 0 Å². The summed E-state index contributed by atoms with van der Waals surface area (Å²) in [5.41, 5.74) is 0.373. The van der Waals surface area contributed by atoms with Gasteiger partial charge in [-0.3, -0.25) is 0 Å². The van der Waals surface area contributed by atoms with Gasteiger partial charge < -0.3 is 15.2 Å². The number of methoxy groups -OCH3 is 1. The lowest BCUT2D eigenvalue weighted by atomic mass is 10.1. The Hall–Kier alpha value is -1.04. The Balaban J connectivity index is 2.27. The maximum absolute atomic E-state index is 12.9. The predicted molar refractivity (Wildman–Crippen MR) is 65.3 cm³/mol. The molecule has 3 nitrogen and oxygen atoms in total. The third-order valence-corrected chi connectivity index (χ3v) is 2.62. The highest BCUT2D eigenvalue weighted by molar-refractivity contribution is 5.20. The van der Waals surface area contributed by atoms with Gasteiger partial charge in [0.2, 0.25) is 0 Å². The van der Waals surface area contributed by atoms with Crippen LogP contribution in [0.5, 0.6) is 0 Å². The second kappa shape index (κ2) is 8.13. The summed E-state index contributed by atoms with van der Waals surface area (Å²) in [7, 11) is 1.65. The first-order chi connectivity index (χ1) is 8.65. The van der Waals surface area contributed by atoms with Crippen LogP contribution in [0.3, 0.4) is 0 Å². The summed E-state index contributed by atoms with van der Waals surface area (Å²) < 4.78 is 30.6. The van der Waals surface area contributed by atoms with Crippen molar-refractivity contribution in [2.24, 2.45) is 0 Å². The van der Waals surface area contributed by atoms with Crippen molar-refractivity contribution >= 4 is 0 Å². The van der Waals surface area contributed by atoms with E-state index < -0.39 is 17.7 Å². The van der Waals surface area contributed by atoms with E-state index in [1.807, 2.05) is 0 Å². The van der Waals surface area contributed by atoms with Crippen LogP contribution in [0.25, 0.3) is 0 Å². The molecule has 0 radical (unpaired) electrons. The third kappa shape index (κ3) is 5.08. The van der Waals surface area contributed by atoms with Gasteiger partial charge in [-0.2, -0.15) is 0 Å². The number of hydrogen-bond acceptors (Lipinski definition) is 3. The molecular weight excluding hydrogens is 240 g/mol. The van der Waals surface area contributed by atoms with Gasteiger partial charge in [0.15, 0.2) is 11.6 Å². The molecule has 0 aromatic heterocycles. The molecule has 0 heterocycles. The summed E-state index contributed by atoms with van der Waals surface area (Å²) in [6.45, 7) is 1.79. The van der Waals surface area contributed by atoms with Crippen LogP contribution in [0.2, 0.25) is 0 Å². The minimum Gasteiger partial charge on any atom is -0.387 e. The summed E-state index contributed by atoms with van der Waals surface area (Å²) in [6.07, 6.45) is 1.06. The molecule has 0 aliphatic heterocycles. The fraction of sp³-hybridized carbons (Fsp3) is 0.538. The standard InChI is InChI=1S/C13H19F2NO2/c1-18-7-3-2-6-16-9-13(17)10-4-5-11(14)12(15)8-10/h4-5,8,13,16-17H,2-3,6-7,9H2,1H3. The van der Waals surface area contributed by atoms with Gasteiger partial charge in [-0.15, -0.1) is 0 Å². The normalized spacial score (nSPS) is 12.7. The van der Waals surface area contributed by atoms with Crippen LogP contribution in [0.1, 0.15) is 24.5 Å². The zero-order chi connectivity index (χ0) is 13.4. The zero-order valence-corrected chi connectivity index (χ0v) is 10.5. The summed E-state index contributed by atoms with van der Waals surface area (Å²) in [5, 5.41) is 12.8. The molecule has 0 spiro atoms. The molecule has 5 heteroatoms. The minimum absolute atomic E-state index is 0.318. The van der Waals surface area contributed by atoms with Crippen molar-refractivity contribution in [2.75, 3.05) is 26.8 Å². The first-order valence-electron chi connectivity index (χ1n) is 5.98. The molecule has 1 aromatic rings. The predicted octanol–water partition coefficient (Wildman–Crippen LogP) is 2.01. The molecule has 0 aliphatic carbocycles. The fourth-order valence-corrected chi connectivity index (χ4v) is 1.57. The fourth-order valence-electron chi connectivity index (χ4n) is 1.57. The first kappa shape index (κ1) is 15.0. The summed E-state index contributed by atoms with van der Waals surface area (Å²) in [4.78, 5) is 0. The third-order valence-electron chi connectivity index (χ3n) is 2.62. The largest absolute Gasteiger partial charge is 0.387 e. The van der Waals surface area contributed by atoms with Crippen LogP contribution in [0, 0.1) is 11.6 Å². The van der Waals surface area contributed by atoms with E-state index in [4.69, 9.17) is 4.74 Å². The average Bonchev–Trinajstić information content (AvgIpc) is 2.36. The van der Waals surface area contributed by atoms with Crippen molar-refractivity contribution < 1.29 is 18.6 Å². The lowest BCUT2D eigenvalue weighted by Gasteiger charge is -2.12. The van der Waals surface area contributed by atoms with Gasteiger partial charge in [-0.25, -0.2) is 8.78 Å². The van der Waals surface area contributed by atoms with E-state index in [9.17, 15) is 13.9 Å². The van der Waals surface area contributed by atoms with Crippen LogP contribution >= 0.6 is 0 Å². The Morgan fingerprint density at radius 2 is 2.06 bits per heavy atom. The van der Waals surface area contributed by atoms with Gasteiger partial charge in [0.05, 0.1) is 6.10 Å². The van der Waals surface area contributed by atoms with E-state index in [0.717, 1.165) is 31.5 Å². The number of aliphatic hydroxyl groups is 1. The molecule has 1 rings (SSSR count).